The largest absolute Gasteiger partial charge is 0.533 e. The van der Waals surface area contributed by atoms with Gasteiger partial charge in [0.25, 0.3) is 0 Å². The highest BCUT2D eigenvalue weighted by atomic mass is 16.8. The van der Waals surface area contributed by atoms with Gasteiger partial charge in [-0.2, -0.15) is 0 Å². The summed E-state index contributed by atoms with van der Waals surface area (Å²) in [5.74, 6) is 7.10. The summed E-state index contributed by atoms with van der Waals surface area (Å²) in [7, 11) is 0. The van der Waals surface area contributed by atoms with Crippen molar-refractivity contribution < 1.29 is 28.6 Å². The van der Waals surface area contributed by atoms with Crippen LogP contribution in [-0.2, 0) is 27.5 Å². The molecule has 7 nitrogen and oxygen atoms in total. The van der Waals surface area contributed by atoms with Crippen LogP contribution in [-0.4, -0.2) is 23.9 Å². The van der Waals surface area contributed by atoms with Gasteiger partial charge in [-0.05, 0) is 41.5 Å². The third kappa shape index (κ3) is 8.47. The first-order valence-electron chi connectivity index (χ1n) is 11.8. The van der Waals surface area contributed by atoms with E-state index in [0.717, 1.165) is 16.2 Å². The predicted octanol–water partition coefficient (Wildman–Crippen LogP) is 6.74. The second kappa shape index (κ2) is 13.8. The zero-order chi connectivity index (χ0) is 26.4. The number of benzene rings is 4. The van der Waals surface area contributed by atoms with E-state index in [2.05, 4.69) is 11.8 Å². The molecule has 1 amide bonds. The van der Waals surface area contributed by atoms with Gasteiger partial charge in [-0.1, -0.05) is 96.8 Å². The first-order chi connectivity index (χ1) is 18.7. The Morgan fingerprint density at radius 1 is 0.658 bits per heavy atom. The molecule has 0 bridgehead atoms. The number of nitrogens with zero attached hydrogens (tertiary/aromatic N) is 1. The molecule has 0 aliphatic rings. The number of ether oxygens (including phenoxy) is 3. The van der Waals surface area contributed by atoms with Gasteiger partial charge in [0.2, 0.25) is 0 Å². The molecule has 190 valence electrons. The summed E-state index contributed by atoms with van der Waals surface area (Å²) in [6, 6.07) is 34.9. The van der Waals surface area contributed by atoms with Gasteiger partial charge >= 0.3 is 12.2 Å². The number of carbonyl (C=O) groups is 2. The van der Waals surface area contributed by atoms with E-state index in [-0.39, 0.29) is 19.8 Å². The van der Waals surface area contributed by atoms with Gasteiger partial charge in [-0.15, -0.1) is 5.06 Å². The van der Waals surface area contributed by atoms with Crippen molar-refractivity contribution in [1.82, 2.24) is 5.06 Å². The summed E-state index contributed by atoms with van der Waals surface area (Å²) in [6.45, 7) is -0.241. The maximum atomic E-state index is 12.7. The number of para-hydroxylation sites is 1. The zero-order valence-electron chi connectivity index (χ0n) is 20.5. The highest BCUT2D eigenvalue weighted by Gasteiger charge is 2.21. The normalized spacial score (nSPS) is 9.89. The number of amides is 1. The summed E-state index contributed by atoms with van der Waals surface area (Å²) >= 11 is 0. The Hall–Kier alpha value is -5.22. The van der Waals surface area contributed by atoms with E-state index in [0.29, 0.717) is 17.1 Å². The molecule has 4 rings (SSSR count). The molecule has 0 radical (unpaired) electrons. The Kier molecular flexibility index (Phi) is 9.36. The van der Waals surface area contributed by atoms with Gasteiger partial charge in [0.05, 0.1) is 0 Å². The van der Waals surface area contributed by atoms with Crippen molar-refractivity contribution in [2.45, 2.75) is 13.2 Å². The lowest BCUT2D eigenvalue weighted by Crippen LogP contribution is -2.34. The Labute approximate surface area is 221 Å². The molecule has 0 unspecified atom stereocenters. The molecular weight excluding hydrogens is 482 g/mol. The number of hydrogen-bond donors (Lipinski definition) is 0. The summed E-state index contributed by atoms with van der Waals surface area (Å²) < 4.78 is 16.3. The monoisotopic (exact) mass is 507 g/mol. The van der Waals surface area contributed by atoms with Crippen LogP contribution in [0.15, 0.2) is 115 Å². The van der Waals surface area contributed by atoms with E-state index in [1.807, 2.05) is 91.0 Å². The van der Waals surface area contributed by atoms with Crippen LogP contribution in [0.4, 0.5) is 9.59 Å². The van der Waals surface area contributed by atoms with Crippen LogP contribution in [0.25, 0.3) is 0 Å². The Morgan fingerprint density at radius 2 is 1.24 bits per heavy atom. The minimum atomic E-state index is -1.05. The minimum Gasteiger partial charge on any atom is -0.457 e. The minimum absolute atomic E-state index is 0.00486. The molecular formula is C31H25NO6. The van der Waals surface area contributed by atoms with E-state index < -0.39 is 12.2 Å². The quantitative estimate of drug-likeness (QED) is 0.157. The van der Waals surface area contributed by atoms with Gasteiger partial charge in [-0.3, -0.25) is 4.84 Å². The maximum absolute atomic E-state index is 12.7. The average molecular weight is 508 g/mol. The smallest absolute Gasteiger partial charge is 0.457 e. The van der Waals surface area contributed by atoms with Crippen LogP contribution in [0, 0.1) is 11.8 Å². The average Bonchev–Trinajstić information content (AvgIpc) is 2.96. The van der Waals surface area contributed by atoms with Crippen molar-refractivity contribution in [1.29, 1.82) is 0 Å². The van der Waals surface area contributed by atoms with Crippen molar-refractivity contribution in [3.63, 3.8) is 0 Å². The molecule has 4 aromatic rings. The molecule has 0 fully saturated rings. The SMILES string of the molecule is O=C(OCc1ccccc1)ON(CC#Cc1cccc(Oc2ccccc2)c1)C(=O)OCc1ccccc1. The molecule has 38 heavy (non-hydrogen) atoms. The van der Waals surface area contributed by atoms with Crippen LogP contribution in [0.1, 0.15) is 16.7 Å². The lowest BCUT2D eigenvalue weighted by atomic mass is 10.2. The fourth-order valence-electron chi connectivity index (χ4n) is 3.23. The maximum Gasteiger partial charge on any atom is 0.533 e. The molecule has 0 saturated heterocycles. The second-order valence-electron chi connectivity index (χ2n) is 7.94. The third-order valence-electron chi connectivity index (χ3n) is 5.06. The summed E-state index contributed by atoms with van der Waals surface area (Å²) in [4.78, 5) is 30.1. The highest BCUT2D eigenvalue weighted by Crippen LogP contribution is 2.21. The van der Waals surface area contributed by atoms with E-state index >= 15 is 0 Å². The van der Waals surface area contributed by atoms with E-state index in [1.54, 1.807) is 24.3 Å². The number of hydrogen-bond acceptors (Lipinski definition) is 6. The van der Waals surface area contributed by atoms with Crippen LogP contribution >= 0.6 is 0 Å². The molecule has 0 heterocycles. The number of rotatable bonds is 7. The fraction of sp³-hybridized carbons (Fsp3) is 0.0968. The molecule has 0 aliphatic heterocycles. The van der Waals surface area contributed by atoms with Crippen molar-refractivity contribution in [2.75, 3.05) is 6.54 Å². The summed E-state index contributed by atoms with van der Waals surface area (Å²) in [5, 5.41) is 0.730. The fourth-order valence-corrected chi connectivity index (χ4v) is 3.23. The Bertz CT molecular complexity index is 1380. The molecule has 0 N–H and O–H groups in total. The Balaban J connectivity index is 1.40. The molecule has 7 heteroatoms. The van der Waals surface area contributed by atoms with Crippen LogP contribution in [0.2, 0.25) is 0 Å². The van der Waals surface area contributed by atoms with Crippen molar-refractivity contribution >= 4 is 12.2 Å². The standard InChI is InChI=1S/C31H25NO6/c33-30(35-23-26-12-4-1-5-13-26)32(38-31(34)36-24-27-14-6-2-7-15-27)21-11-17-25-16-10-20-29(22-25)37-28-18-8-3-9-19-28/h1-10,12-16,18-20,22H,21,23-24H2. The number of hydroxylamine groups is 2. The molecule has 0 aromatic heterocycles. The Morgan fingerprint density at radius 3 is 1.89 bits per heavy atom. The van der Waals surface area contributed by atoms with Crippen molar-refractivity contribution in [3.05, 3.63) is 132 Å². The zero-order valence-corrected chi connectivity index (χ0v) is 20.5. The molecule has 4 aromatic carbocycles. The lowest BCUT2D eigenvalue weighted by molar-refractivity contribution is -0.106. The van der Waals surface area contributed by atoms with Gasteiger partial charge in [-0.25, -0.2) is 9.59 Å². The van der Waals surface area contributed by atoms with E-state index in [9.17, 15) is 9.59 Å². The predicted molar refractivity (Wildman–Crippen MR) is 141 cm³/mol. The lowest BCUT2D eigenvalue weighted by Gasteiger charge is -2.18. The molecule has 0 saturated carbocycles. The molecule has 0 aliphatic carbocycles. The van der Waals surface area contributed by atoms with E-state index in [1.165, 1.54) is 0 Å². The van der Waals surface area contributed by atoms with Gasteiger partial charge in [0.15, 0.2) is 0 Å². The third-order valence-corrected chi connectivity index (χ3v) is 5.06. The summed E-state index contributed by atoms with van der Waals surface area (Å²) in [5.41, 5.74) is 2.22. The van der Waals surface area contributed by atoms with Crippen molar-refractivity contribution in [3.8, 4) is 23.3 Å². The van der Waals surface area contributed by atoms with Crippen LogP contribution in [0.3, 0.4) is 0 Å². The summed E-state index contributed by atoms with van der Waals surface area (Å²) in [6.07, 6.45) is -1.92. The van der Waals surface area contributed by atoms with Gasteiger partial charge in [0.1, 0.15) is 31.3 Å². The van der Waals surface area contributed by atoms with E-state index in [4.69, 9.17) is 19.0 Å². The first kappa shape index (κ1) is 25.9. The second-order valence-corrected chi connectivity index (χ2v) is 7.94. The number of carbonyl (C=O) groups excluding carboxylic acids is 2. The first-order valence-corrected chi connectivity index (χ1v) is 11.8. The molecule has 0 spiro atoms. The topological polar surface area (TPSA) is 74.3 Å². The molecule has 0 atom stereocenters. The van der Waals surface area contributed by atoms with Gasteiger partial charge < -0.3 is 14.2 Å². The van der Waals surface area contributed by atoms with Crippen LogP contribution in [0.5, 0.6) is 11.5 Å². The highest BCUT2D eigenvalue weighted by molar-refractivity contribution is 5.70. The van der Waals surface area contributed by atoms with Crippen LogP contribution < -0.4 is 4.74 Å². The van der Waals surface area contributed by atoms with Crippen molar-refractivity contribution in [2.24, 2.45) is 0 Å². The van der Waals surface area contributed by atoms with Gasteiger partial charge in [0, 0.05) is 5.56 Å².